The van der Waals surface area contributed by atoms with Crippen LogP contribution in [0.5, 0.6) is 5.75 Å². The molecule has 3 nitrogen and oxygen atoms in total. The molecule has 0 unspecified atom stereocenters. The van der Waals surface area contributed by atoms with Gasteiger partial charge in [0, 0.05) is 23.7 Å². The van der Waals surface area contributed by atoms with E-state index in [0.717, 1.165) is 22.1 Å². The average molecular weight is 304 g/mol. The van der Waals surface area contributed by atoms with Crippen molar-refractivity contribution in [2.45, 2.75) is 0 Å². The molecule has 0 radical (unpaired) electrons. The van der Waals surface area contributed by atoms with Crippen LogP contribution in [-0.4, -0.2) is 0 Å². The van der Waals surface area contributed by atoms with E-state index in [1.54, 1.807) is 0 Å². The molecule has 0 saturated heterocycles. The average Bonchev–Trinajstić information content (AvgIpc) is 2.53. The molecule has 0 aromatic heterocycles. The molecule has 0 saturated carbocycles. The maximum absolute atomic E-state index is 5.07. The summed E-state index contributed by atoms with van der Waals surface area (Å²) in [4.78, 5) is 0. The maximum Gasteiger partial charge on any atom is 1.00 e. The predicted octanol–water partition coefficient (Wildman–Crippen LogP) is 2.60. The van der Waals surface area contributed by atoms with Crippen molar-refractivity contribution >= 4 is 35.1 Å². The number of thiol groups is 1. The van der Waals surface area contributed by atoms with Crippen LogP contribution in [0.25, 0.3) is 10.8 Å². The van der Waals surface area contributed by atoms with Crippen molar-refractivity contribution in [3.8, 4) is 5.75 Å². The Morgan fingerprint density at radius 1 is 0.762 bits per heavy atom. The van der Waals surface area contributed by atoms with Gasteiger partial charge in [-0.25, -0.2) is 0 Å². The second-order valence-corrected chi connectivity index (χ2v) is 4.44. The van der Waals surface area contributed by atoms with Gasteiger partial charge in [0.15, 0.2) is 0 Å². The van der Waals surface area contributed by atoms with Gasteiger partial charge in [-0.1, -0.05) is 42.5 Å². The van der Waals surface area contributed by atoms with Crippen molar-refractivity contribution in [3.63, 3.8) is 0 Å². The summed E-state index contributed by atoms with van der Waals surface area (Å²) in [5, 5.41) is 10.5. The van der Waals surface area contributed by atoms with Crippen molar-refractivity contribution < 1.29 is 35.2 Å². The fourth-order valence-corrected chi connectivity index (χ4v) is 2.19. The van der Waals surface area contributed by atoms with E-state index in [1.165, 1.54) is 0 Å². The molecule has 0 amide bonds. The Labute approximate surface area is 152 Å². The first-order chi connectivity index (χ1) is 9.88. The molecule has 0 heterocycles. The second kappa shape index (κ2) is 7.61. The third-order valence-electron chi connectivity index (χ3n) is 2.99. The Balaban J connectivity index is 0.00000121. The van der Waals surface area contributed by atoms with Crippen molar-refractivity contribution in [3.05, 3.63) is 66.7 Å². The van der Waals surface area contributed by atoms with Crippen LogP contribution in [0.3, 0.4) is 0 Å². The molecule has 0 fully saturated rings. The second-order valence-electron chi connectivity index (χ2n) is 4.26. The van der Waals surface area contributed by atoms with Gasteiger partial charge in [0.25, 0.3) is 0 Å². The Morgan fingerprint density at radius 2 is 1.43 bits per heavy atom. The summed E-state index contributed by atoms with van der Waals surface area (Å²) < 4.78 is 5.07. The fourth-order valence-electron chi connectivity index (χ4n) is 2.03. The van der Waals surface area contributed by atoms with E-state index in [0.29, 0.717) is 5.75 Å². The molecule has 0 N–H and O–H groups in total. The molecule has 0 atom stereocenters. The van der Waals surface area contributed by atoms with Crippen LogP contribution in [0.1, 0.15) is 1.43 Å². The van der Waals surface area contributed by atoms with E-state index < -0.39 is 0 Å². The Bertz CT molecular complexity index is 768. The summed E-state index contributed by atoms with van der Waals surface area (Å²) in [6.45, 7) is 0. The van der Waals surface area contributed by atoms with Gasteiger partial charge in [-0.05, 0) is 24.3 Å². The number of hydrogen-bond acceptors (Lipinski definition) is 4. The number of azo groups is 1. The van der Waals surface area contributed by atoms with Gasteiger partial charge in [-0.15, -0.1) is 5.11 Å². The van der Waals surface area contributed by atoms with Crippen LogP contribution in [0.2, 0.25) is 0 Å². The molecule has 0 spiro atoms. The summed E-state index contributed by atoms with van der Waals surface area (Å²) >= 11 is 3.88. The van der Waals surface area contributed by atoms with Crippen molar-refractivity contribution in [2.24, 2.45) is 10.2 Å². The number of rotatable bonds is 3. The number of benzene rings is 3. The summed E-state index contributed by atoms with van der Waals surface area (Å²) in [6, 6.07) is 21.3. The van der Waals surface area contributed by atoms with Gasteiger partial charge in [-0.3, -0.25) is 0 Å². The zero-order chi connectivity index (χ0) is 13.8. The molecule has 3 aromatic rings. The van der Waals surface area contributed by atoms with E-state index in [1.807, 2.05) is 66.7 Å². The molecule has 0 aliphatic rings. The van der Waals surface area contributed by atoms with Crippen LogP contribution in [0.4, 0.5) is 11.4 Å². The molecule has 0 bridgehead atoms. The van der Waals surface area contributed by atoms with Crippen LogP contribution in [0, 0.1) is 0 Å². The van der Waals surface area contributed by atoms with E-state index in [4.69, 9.17) is 4.18 Å². The first kappa shape index (κ1) is 16.0. The molecule has 0 aliphatic carbocycles. The topological polar surface area (TPSA) is 34.0 Å². The van der Waals surface area contributed by atoms with Gasteiger partial charge in [0.05, 0.1) is 11.4 Å². The minimum absolute atomic E-state index is 0. The molecule has 3 rings (SSSR count). The Morgan fingerprint density at radius 3 is 2.14 bits per heavy atom. The number of nitrogens with zero attached hydrogens (tertiary/aromatic N) is 2. The van der Waals surface area contributed by atoms with E-state index in [9.17, 15) is 0 Å². The molecule has 3 aromatic carbocycles. The fraction of sp³-hybridized carbons (Fsp3) is 0. The summed E-state index contributed by atoms with van der Waals surface area (Å²) in [5.74, 6) is 0.711. The summed E-state index contributed by atoms with van der Waals surface area (Å²) in [5.41, 5.74) is 1.63. The van der Waals surface area contributed by atoms with Crippen LogP contribution >= 0.6 is 12.9 Å². The zero-order valence-electron chi connectivity index (χ0n) is 12.6. The van der Waals surface area contributed by atoms with Crippen molar-refractivity contribution in [1.82, 2.24) is 0 Å². The number of fused-ring (bicyclic) bond motifs is 1. The van der Waals surface area contributed by atoms with Crippen molar-refractivity contribution in [2.75, 3.05) is 0 Å². The molecule has 0 aliphatic heterocycles. The molecule has 5 heteroatoms. The summed E-state index contributed by atoms with van der Waals surface area (Å²) in [6.07, 6.45) is 0. The first-order valence-corrected chi connectivity index (χ1v) is 6.55. The SMILES string of the molecule is SOc1ccc(N=Nc2ccccc2)c2ccccc12.[H-].[Na+]. The van der Waals surface area contributed by atoms with E-state index in [2.05, 4.69) is 23.1 Å². The van der Waals surface area contributed by atoms with Gasteiger partial charge in [0.1, 0.15) is 5.75 Å². The minimum atomic E-state index is 0. The van der Waals surface area contributed by atoms with Gasteiger partial charge >= 0.3 is 29.6 Å². The standard InChI is InChI=1S/C16H12N2OS.Na.H/c20-19-16-11-10-15(13-8-4-5-9-14(13)16)18-17-12-6-2-1-3-7-12;;/h1-11,20H;;/q;+1;-1. The maximum atomic E-state index is 5.07. The van der Waals surface area contributed by atoms with E-state index in [-0.39, 0.29) is 31.0 Å². The number of hydrogen-bond donors (Lipinski definition) is 1. The van der Waals surface area contributed by atoms with Crippen LogP contribution < -0.4 is 33.7 Å². The van der Waals surface area contributed by atoms with Crippen LogP contribution in [-0.2, 0) is 0 Å². The van der Waals surface area contributed by atoms with Crippen LogP contribution in [0.15, 0.2) is 77.0 Å². The minimum Gasteiger partial charge on any atom is -1.00 e. The molecular formula is C16H13N2NaOS. The predicted molar refractivity (Wildman–Crippen MR) is 85.3 cm³/mol. The quantitative estimate of drug-likeness (QED) is 0.343. The Hall–Kier alpha value is -1.33. The largest absolute Gasteiger partial charge is 1.00 e. The third-order valence-corrected chi connectivity index (χ3v) is 3.19. The smallest absolute Gasteiger partial charge is 1.00 e. The Kier molecular flexibility index (Phi) is 5.82. The van der Waals surface area contributed by atoms with Gasteiger partial charge in [-0.2, -0.15) is 5.11 Å². The summed E-state index contributed by atoms with van der Waals surface area (Å²) in [7, 11) is 0. The third kappa shape index (κ3) is 3.66. The van der Waals surface area contributed by atoms with Gasteiger partial charge in [0.2, 0.25) is 0 Å². The first-order valence-electron chi connectivity index (χ1n) is 6.18. The molecule has 21 heavy (non-hydrogen) atoms. The van der Waals surface area contributed by atoms with E-state index >= 15 is 0 Å². The monoisotopic (exact) mass is 304 g/mol. The van der Waals surface area contributed by atoms with Gasteiger partial charge < -0.3 is 5.61 Å². The normalized spacial score (nSPS) is 10.5. The molecular weight excluding hydrogens is 291 g/mol. The van der Waals surface area contributed by atoms with Crippen molar-refractivity contribution in [1.29, 1.82) is 0 Å². The molecule has 100 valence electrons. The zero-order valence-corrected chi connectivity index (χ0v) is 14.5.